The van der Waals surface area contributed by atoms with Crippen LogP contribution in [0.25, 0.3) is 11.1 Å². The van der Waals surface area contributed by atoms with E-state index in [1.807, 2.05) is 48.5 Å². The fourth-order valence-electron chi connectivity index (χ4n) is 4.44. The molecule has 1 fully saturated rings. The average Bonchev–Trinajstić information content (AvgIpc) is 3.48. The van der Waals surface area contributed by atoms with E-state index in [0.29, 0.717) is 0 Å². The number of carbonyl (C=O) groups excluding carboxylic acids is 2. The van der Waals surface area contributed by atoms with E-state index in [-0.39, 0.29) is 32.0 Å². The predicted octanol–water partition coefficient (Wildman–Crippen LogP) is 4.01. The minimum atomic E-state index is -1.12. The third kappa shape index (κ3) is 6.18. The first-order chi connectivity index (χ1) is 17.7. The van der Waals surface area contributed by atoms with Gasteiger partial charge in [0, 0.05) is 12.3 Å². The number of nitrogens with one attached hydrogen (secondary N) is 1. The van der Waals surface area contributed by atoms with E-state index in [1.54, 1.807) is 13.8 Å². The van der Waals surface area contributed by atoms with Gasteiger partial charge in [-0.3, -0.25) is 0 Å². The second-order valence-electron chi connectivity index (χ2n) is 9.55. The van der Waals surface area contributed by atoms with Crippen molar-refractivity contribution in [2.45, 2.75) is 56.6 Å². The van der Waals surface area contributed by atoms with Crippen LogP contribution >= 0.6 is 0 Å². The lowest BCUT2D eigenvalue weighted by atomic mass is 9.98. The van der Waals surface area contributed by atoms with Crippen molar-refractivity contribution in [2.24, 2.45) is 0 Å². The van der Waals surface area contributed by atoms with Crippen LogP contribution in [0.2, 0.25) is 0 Å². The number of fused-ring (bicyclic) bond motifs is 3. The summed E-state index contributed by atoms with van der Waals surface area (Å²) in [7, 11) is 0. The number of alkyl carbamates (subject to hydrolysis) is 1. The van der Waals surface area contributed by atoms with Gasteiger partial charge < -0.3 is 29.4 Å². The van der Waals surface area contributed by atoms with Gasteiger partial charge in [0.2, 0.25) is 0 Å². The van der Waals surface area contributed by atoms with Gasteiger partial charge in [-0.25, -0.2) is 14.4 Å². The number of amides is 1. The van der Waals surface area contributed by atoms with Crippen LogP contribution in [0.1, 0.15) is 43.7 Å². The van der Waals surface area contributed by atoms with E-state index in [1.165, 1.54) is 6.08 Å². The summed E-state index contributed by atoms with van der Waals surface area (Å²) in [5.74, 6) is -1.93. The van der Waals surface area contributed by atoms with Crippen molar-refractivity contribution in [1.82, 2.24) is 5.32 Å². The Morgan fingerprint density at radius 3 is 2.32 bits per heavy atom. The molecule has 9 heteroatoms. The summed E-state index contributed by atoms with van der Waals surface area (Å²) in [6, 6.07) is 14.9. The first kappa shape index (κ1) is 26.4. The number of hydrogen-bond donors (Lipinski definition) is 2. The van der Waals surface area contributed by atoms with Gasteiger partial charge in [-0.15, -0.1) is 0 Å². The Morgan fingerprint density at radius 1 is 1.14 bits per heavy atom. The van der Waals surface area contributed by atoms with Gasteiger partial charge in [-0.2, -0.15) is 0 Å². The molecule has 4 rings (SSSR count). The average molecular weight is 510 g/mol. The lowest BCUT2D eigenvalue weighted by Crippen LogP contribution is -2.45. The molecule has 2 unspecified atom stereocenters. The minimum absolute atomic E-state index is 0.0849. The normalized spacial score (nSPS) is 19.4. The monoisotopic (exact) mass is 509 g/mol. The topological polar surface area (TPSA) is 120 Å². The molecule has 9 nitrogen and oxygen atoms in total. The highest BCUT2D eigenvalue weighted by Gasteiger charge is 2.35. The molecule has 0 bridgehead atoms. The molecular formula is C28H31NO8. The van der Waals surface area contributed by atoms with Gasteiger partial charge >= 0.3 is 18.0 Å². The van der Waals surface area contributed by atoms with Gasteiger partial charge in [-0.05, 0) is 48.6 Å². The summed E-state index contributed by atoms with van der Waals surface area (Å²) in [6.07, 6.45) is -0.902. The maximum Gasteiger partial charge on any atom is 0.407 e. The second kappa shape index (κ2) is 11.1. The van der Waals surface area contributed by atoms with E-state index in [9.17, 15) is 14.4 Å². The Hall–Kier alpha value is -3.69. The van der Waals surface area contributed by atoms with Crippen molar-refractivity contribution in [2.75, 3.05) is 13.2 Å². The maximum atomic E-state index is 12.9. The molecule has 0 radical (unpaired) electrons. The summed E-state index contributed by atoms with van der Waals surface area (Å²) >= 11 is 0. The summed E-state index contributed by atoms with van der Waals surface area (Å²) in [4.78, 5) is 36.8. The maximum absolute atomic E-state index is 12.9. The summed E-state index contributed by atoms with van der Waals surface area (Å²) in [5.41, 5.74) is 3.41. The van der Waals surface area contributed by atoms with Gasteiger partial charge in [0.05, 0.1) is 6.61 Å². The van der Waals surface area contributed by atoms with Crippen molar-refractivity contribution >= 4 is 18.0 Å². The van der Waals surface area contributed by atoms with Gasteiger partial charge in [0.15, 0.2) is 12.4 Å². The van der Waals surface area contributed by atoms with E-state index in [4.69, 9.17) is 24.1 Å². The minimum Gasteiger partial charge on any atom is -0.479 e. The molecule has 1 amide bonds. The number of hydrogen-bond acceptors (Lipinski definition) is 7. The molecular weight excluding hydrogens is 478 g/mol. The lowest BCUT2D eigenvalue weighted by Gasteiger charge is -2.25. The molecule has 1 saturated heterocycles. The molecule has 1 aliphatic carbocycles. The number of benzene rings is 2. The zero-order valence-corrected chi connectivity index (χ0v) is 20.8. The number of rotatable bonds is 10. The molecule has 196 valence electrons. The molecule has 37 heavy (non-hydrogen) atoms. The van der Waals surface area contributed by atoms with Crippen LogP contribution in [0, 0.1) is 0 Å². The van der Waals surface area contributed by atoms with E-state index >= 15 is 0 Å². The Bertz CT molecular complexity index is 1130. The first-order valence-electron chi connectivity index (χ1n) is 12.2. The second-order valence-corrected chi connectivity index (χ2v) is 9.55. The van der Waals surface area contributed by atoms with Crippen molar-refractivity contribution in [3.05, 3.63) is 72.3 Å². The number of esters is 1. The molecule has 0 saturated carbocycles. The van der Waals surface area contributed by atoms with Gasteiger partial charge in [0.25, 0.3) is 0 Å². The van der Waals surface area contributed by atoms with Crippen LogP contribution in [0.3, 0.4) is 0 Å². The van der Waals surface area contributed by atoms with E-state index < -0.39 is 42.1 Å². The Kier molecular flexibility index (Phi) is 7.94. The molecule has 2 aromatic carbocycles. The molecule has 3 atom stereocenters. The number of carboxylic acids is 1. The van der Waals surface area contributed by atoms with Gasteiger partial charge in [0.1, 0.15) is 18.2 Å². The van der Waals surface area contributed by atoms with Crippen molar-refractivity contribution in [1.29, 1.82) is 0 Å². The highest BCUT2D eigenvalue weighted by molar-refractivity contribution is 5.82. The first-order valence-corrected chi connectivity index (χ1v) is 12.2. The smallest absolute Gasteiger partial charge is 0.407 e. The van der Waals surface area contributed by atoms with Crippen LogP contribution in [0.5, 0.6) is 0 Å². The lowest BCUT2D eigenvalue weighted by molar-refractivity contribution is -0.157. The molecule has 0 spiro atoms. The zero-order chi connectivity index (χ0) is 26.6. The third-order valence-corrected chi connectivity index (χ3v) is 6.49. The van der Waals surface area contributed by atoms with Crippen molar-refractivity contribution in [3.8, 4) is 11.1 Å². The quantitative estimate of drug-likeness (QED) is 0.364. The van der Waals surface area contributed by atoms with Crippen LogP contribution in [-0.2, 0) is 28.5 Å². The Morgan fingerprint density at radius 2 is 1.76 bits per heavy atom. The molecule has 1 heterocycles. The number of ether oxygens (including phenoxy) is 4. The molecule has 0 aromatic heterocycles. The number of carboxylic acid groups (broad SMARTS) is 1. The van der Waals surface area contributed by atoms with Crippen LogP contribution in [0.15, 0.2) is 61.2 Å². The fourth-order valence-corrected chi connectivity index (χ4v) is 4.44. The summed E-state index contributed by atoms with van der Waals surface area (Å²) < 4.78 is 21.7. The highest BCUT2D eigenvalue weighted by atomic mass is 16.7. The predicted molar refractivity (Wildman–Crippen MR) is 134 cm³/mol. The Labute approximate surface area is 215 Å². The largest absolute Gasteiger partial charge is 0.479 e. The molecule has 1 aliphatic heterocycles. The van der Waals surface area contributed by atoms with Crippen molar-refractivity contribution < 1.29 is 38.4 Å². The molecule has 2 aliphatic rings. The van der Waals surface area contributed by atoms with Crippen molar-refractivity contribution in [3.63, 3.8) is 0 Å². The standard InChI is InChI=1S/C28H31NO8/c1-4-28(2,3)37-26(32)22(13-14-24-34-16-23(36-24)25(30)31)29-27(33)35-15-21-19-11-7-5-9-17(19)18-10-6-8-12-20(18)21/h4-12,21-24H,1,13-16H2,2-3H3,(H,29,33)(H,30,31)/t22?,23-,24?/m0/s1. The number of carbonyl (C=O) groups is 3. The zero-order valence-electron chi connectivity index (χ0n) is 20.8. The SMILES string of the molecule is C=CC(C)(C)OC(=O)C(CCC1OC[C@@H](C(=O)O)O1)NC(=O)OCC1c2ccccc2-c2ccccc21. The highest BCUT2D eigenvalue weighted by Crippen LogP contribution is 2.44. The van der Waals surface area contributed by atoms with E-state index in [0.717, 1.165) is 22.3 Å². The molecule has 2 aromatic rings. The fraction of sp³-hybridized carbons (Fsp3) is 0.393. The molecule has 2 N–H and O–H groups in total. The summed E-state index contributed by atoms with van der Waals surface area (Å²) in [5, 5.41) is 11.7. The summed E-state index contributed by atoms with van der Waals surface area (Å²) in [6.45, 7) is 7.01. The Balaban J connectivity index is 1.40. The van der Waals surface area contributed by atoms with Crippen LogP contribution in [-0.4, -0.2) is 60.4 Å². The number of aliphatic carboxylic acids is 1. The van der Waals surface area contributed by atoms with Crippen LogP contribution in [0.4, 0.5) is 4.79 Å². The van der Waals surface area contributed by atoms with Crippen LogP contribution < -0.4 is 5.32 Å². The van der Waals surface area contributed by atoms with E-state index in [2.05, 4.69) is 11.9 Å². The third-order valence-electron chi connectivity index (χ3n) is 6.49. The van der Waals surface area contributed by atoms with Gasteiger partial charge in [-0.1, -0.05) is 55.1 Å².